The fourth-order valence-corrected chi connectivity index (χ4v) is 3.02. The van der Waals surface area contributed by atoms with Crippen molar-refractivity contribution in [2.24, 2.45) is 0 Å². The SMILES string of the molecule is C=C(C)C(=O)OCC(CO)OC(=O)CCCCCCC/C=C/CC(O)CCCCCC. The Morgan fingerprint density at radius 2 is 1.68 bits per heavy atom. The molecule has 2 unspecified atom stereocenters. The van der Waals surface area contributed by atoms with Gasteiger partial charge in [0.15, 0.2) is 6.10 Å². The van der Waals surface area contributed by atoms with Crippen molar-refractivity contribution < 1.29 is 29.3 Å². The molecule has 2 atom stereocenters. The molecule has 0 spiro atoms. The van der Waals surface area contributed by atoms with Crippen LogP contribution in [-0.4, -0.2) is 47.6 Å². The first-order valence-electron chi connectivity index (χ1n) is 11.9. The molecule has 0 aliphatic carbocycles. The van der Waals surface area contributed by atoms with Crippen molar-refractivity contribution in [3.8, 4) is 0 Å². The Kier molecular flexibility index (Phi) is 19.2. The summed E-state index contributed by atoms with van der Waals surface area (Å²) in [6.07, 6.45) is 15.9. The molecule has 31 heavy (non-hydrogen) atoms. The second kappa shape index (κ2) is 20.3. The van der Waals surface area contributed by atoms with Gasteiger partial charge < -0.3 is 19.7 Å². The third kappa shape index (κ3) is 18.8. The van der Waals surface area contributed by atoms with Gasteiger partial charge in [0.2, 0.25) is 0 Å². The molecule has 2 N–H and O–H groups in total. The van der Waals surface area contributed by atoms with Gasteiger partial charge in [0.1, 0.15) is 6.61 Å². The molecule has 6 nitrogen and oxygen atoms in total. The molecule has 6 heteroatoms. The summed E-state index contributed by atoms with van der Waals surface area (Å²) in [7, 11) is 0. The van der Waals surface area contributed by atoms with Gasteiger partial charge >= 0.3 is 11.9 Å². The standard InChI is InChI=1S/C25H44O6/c1-4-5-6-13-16-22(27)17-14-11-9-7-8-10-12-15-18-24(28)31-23(19-26)20-30-25(29)21(2)3/h11,14,22-23,26-27H,2,4-10,12-13,15-20H2,1,3H3/b14-11+. The van der Waals surface area contributed by atoms with E-state index < -0.39 is 18.7 Å². The third-order valence-electron chi connectivity index (χ3n) is 4.97. The molecule has 0 radical (unpaired) electrons. The van der Waals surface area contributed by atoms with Crippen molar-refractivity contribution >= 4 is 11.9 Å². The highest BCUT2D eigenvalue weighted by atomic mass is 16.6. The van der Waals surface area contributed by atoms with Crippen LogP contribution < -0.4 is 0 Å². The monoisotopic (exact) mass is 440 g/mol. The van der Waals surface area contributed by atoms with E-state index in [-0.39, 0.29) is 24.3 Å². The summed E-state index contributed by atoms with van der Waals surface area (Å²) in [6, 6.07) is 0. The maximum Gasteiger partial charge on any atom is 0.333 e. The minimum Gasteiger partial charge on any atom is -0.458 e. The molecule has 0 fully saturated rings. The number of rotatable bonds is 20. The van der Waals surface area contributed by atoms with E-state index in [4.69, 9.17) is 9.47 Å². The zero-order chi connectivity index (χ0) is 23.3. The first-order chi connectivity index (χ1) is 14.9. The molecule has 0 rings (SSSR count). The van der Waals surface area contributed by atoms with Crippen LogP contribution in [0.4, 0.5) is 0 Å². The number of hydrogen-bond acceptors (Lipinski definition) is 6. The molecule has 180 valence electrons. The van der Waals surface area contributed by atoms with Crippen LogP contribution in [0.15, 0.2) is 24.3 Å². The second-order valence-corrected chi connectivity index (χ2v) is 8.19. The predicted octanol–water partition coefficient (Wildman–Crippen LogP) is 5.02. The maximum atomic E-state index is 11.8. The van der Waals surface area contributed by atoms with E-state index in [0.717, 1.165) is 57.8 Å². The largest absolute Gasteiger partial charge is 0.458 e. The summed E-state index contributed by atoms with van der Waals surface area (Å²) in [4.78, 5) is 23.2. The lowest BCUT2D eigenvalue weighted by Gasteiger charge is -2.15. The Balaban J connectivity index is 3.63. The minimum absolute atomic E-state index is 0.169. The number of carbonyl (C=O) groups is 2. The van der Waals surface area contributed by atoms with Gasteiger partial charge in [-0.2, -0.15) is 0 Å². The molecule has 0 aromatic heterocycles. The van der Waals surface area contributed by atoms with Gasteiger partial charge in [-0.25, -0.2) is 4.79 Å². The minimum atomic E-state index is -0.836. The van der Waals surface area contributed by atoms with Gasteiger partial charge in [0.25, 0.3) is 0 Å². The van der Waals surface area contributed by atoms with Gasteiger partial charge in [-0.05, 0) is 39.0 Å². The molecular weight excluding hydrogens is 396 g/mol. The van der Waals surface area contributed by atoms with Crippen molar-refractivity contribution in [1.82, 2.24) is 0 Å². The number of aliphatic hydroxyl groups excluding tert-OH is 2. The summed E-state index contributed by atoms with van der Waals surface area (Å²) in [5, 5.41) is 19.1. The van der Waals surface area contributed by atoms with Crippen LogP contribution in [0.25, 0.3) is 0 Å². The molecule has 0 amide bonds. The molecule has 0 saturated carbocycles. The number of unbranched alkanes of at least 4 members (excludes halogenated alkanes) is 8. The molecule has 0 heterocycles. The van der Waals surface area contributed by atoms with E-state index >= 15 is 0 Å². The Labute approximate surface area is 188 Å². The molecule has 0 aromatic carbocycles. The lowest BCUT2D eigenvalue weighted by atomic mass is 10.1. The van der Waals surface area contributed by atoms with Crippen LogP contribution in [0, 0.1) is 0 Å². The topological polar surface area (TPSA) is 93.1 Å². The average molecular weight is 441 g/mol. The van der Waals surface area contributed by atoms with Gasteiger partial charge in [-0.1, -0.05) is 70.6 Å². The van der Waals surface area contributed by atoms with Gasteiger partial charge in [-0.3, -0.25) is 4.79 Å². The normalized spacial score (nSPS) is 13.2. The summed E-state index contributed by atoms with van der Waals surface area (Å²) < 4.78 is 10.0. The second-order valence-electron chi connectivity index (χ2n) is 8.19. The highest BCUT2D eigenvalue weighted by Crippen LogP contribution is 2.11. The molecule has 0 aliphatic rings. The molecule has 0 bridgehead atoms. The van der Waals surface area contributed by atoms with Crippen molar-refractivity contribution in [3.63, 3.8) is 0 Å². The number of esters is 2. The average Bonchev–Trinajstić information content (AvgIpc) is 2.75. The Morgan fingerprint density at radius 3 is 2.35 bits per heavy atom. The van der Waals surface area contributed by atoms with Crippen LogP contribution in [0.3, 0.4) is 0 Å². The zero-order valence-electron chi connectivity index (χ0n) is 19.7. The quantitative estimate of drug-likeness (QED) is 0.120. The number of carbonyl (C=O) groups excluding carboxylic acids is 2. The van der Waals surface area contributed by atoms with Crippen LogP contribution in [0.5, 0.6) is 0 Å². The summed E-state index contributed by atoms with van der Waals surface area (Å²) in [5.41, 5.74) is 0.258. The van der Waals surface area contributed by atoms with E-state index in [1.54, 1.807) is 0 Å². The fourth-order valence-electron chi connectivity index (χ4n) is 3.02. The Hall–Kier alpha value is -1.66. The Bertz CT molecular complexity index is 514. The lowest BCUT2D eigenvalue weighted by Crippen LogP contribution is -2.28. The maximum absolute atomic E-state index is 11.8. The molecule has 0 aliphatic heterocycles. The first kappa shape index (κ1) is 29.3. The van der Waals surface area contributed by atoms with Crippen LogP contribution in [-0.2, 0) is 19.1 Å². The van der Waals surface area contributed by atoms with Gasteiger partial charge in [0.05, 0.1) is 12.7 Å². The highest BCUT2D eigenvalue weighted by Gasteiger charge is 2.16. The smallest absolute Gasteiger partial charge is 0.333 e. The number of ether oxygens (including phenoxy) is 2. The molecule has 0 aromatic rings. The van der Waals surface area contributed by atoms with E-state index in [2.05, 4.69) is 25.7 Å². The summed E-state index contributed by atoms with van der Waals surface area (Å²) in [6.45, 7) is 6.63. The third-order valence-corrected chi connectivity index (χ3v) is 4.97. The van der Waals surface area contributed by atoms with Gasteiger partial charge in [0, 0.05) is 12.0 Å². The molecular formula is C25H44O6. The zero-order valence-corrected chi connectivity index (χ0v) is 19.7. The van der Waals surface area contributed by atoms with Crippen molar-refractivity contribution in [3.05, 3.63) is 24.3 Å². The van der Waals surface area contributed by atoms with E-state index in [1.807, 2.05) is 0 Å². The highest BCUT2D eigenvalue weighted by molar-refractivity contribution is 5.86. The summed E-state index contributed by atoms with van der Waals surface area (Å²) in [5.74, 6) is -0.954. The van der Waals surface area contributed by atoms with Crippen LogP contribution in [0.2, 0.25) is 0 Å². The Morgan fingerprint density at radius 1 is 1.00 bits per heavy atom. The summed E-state index contributed by atoms with van der Waals surface area (Å²) >= 11 is 0. The number of hydrogen-bond donors (Lipinski definition) is 2. The lowest BCUT2D eigenvalue weighted by molar-refractivity contribution is -0.159. The number of allylic oxidation sites excluding steroid dienone is 1. The van der Waals surface area contributed by atoms with Gasteiger partial charge in [-0.15, -0.1) is 0 Å². The van der Waals surface area contributed by atoms with Crippen LogP contribution >= 0.6 is 0 Å². The number of aliphatic hydroxyl groups is 2. The molecule has 0 saturated heterocycles. The van der Waals surface area contributed by atoms with Crippen molar-refractivity contribution in [2.75, 3.05) is 13.2 Å². The van der Waals surface area contributed by atoms with E-state index in [1.165, 1.54) is 26.2 Å². The van der Waals surface area contributed by atoms with Crippen molar-refractivity contribution in [2.45, 2.75) is 110 Å². The van der Waals surface area contributed by atoms with Crippen molar-refractivity contribution in [1.29, 1.82) is 0 Å². The first-order valence-corrected chi connectivity index (χ1v) is 11.9. The fraction of sp³-hybridized carbons (Fsp3) is 0.760. The van der Waals surface area contributed by atoms with E-state index in [0.29, 0.717) is 6.42 Å². The van der Waals surface area contributed by atoms with E-state index in [9.17, 15) is 19.8 Å². The van der Waals surface area contributed by atoms with Crippen LogP contribution in [0.1, 0.15) is 97.3 Å². The predicted molar refractivity (Wildman–Crippen MR) is 124 cm³/mol.